The average molecular weight is 820 g/mol. The van der Waals surface area contributed by atoms with Crippen LogP contribution in [0.1, 0.15) is 34.4 Å². The summed E-state index contributed by atoms with van der Waals surface area (Å²) in [4.78, 5) is 76.9. The molecule has 4 amide bonds. The number of hydrogen-bond acceptors (Lipinski definition) is 8. The van der Waals surface area contributed by atoms with Gasteiger partial charge in [-0.3, -0.25) is 19.2 Å². The monoisotopic (exact) mass is 819 g/mol. The fourth-order valence-corrected chi connectivity index (χ4v) is 7.16. The Hall–Kier alpha value is -5.95. The maximum atomic E-state index is 13.7. The Balaban J connectivity index is 1.14. The Kier molecular flexibility index (Phi) is 16.5. The van der Waals surface area contributed by atoms with E-state index < -0.39 is 36.0 Å². The van der Waals surface area contributed by atoms with Gasteiger partial charge in [-0.2, -0.15) is 0 Å². The third-order valence-electron chi connectivity index (χ3n) is 9.43. The molecule has 0 aliphatic heterocycles. The second-order valence-corrected chi connectivity index (χ2v) is 15.3. The summed E-state index contributed by atoms with van der Waals surface area (Å²) < 4.78 is 0. The Morgan fingerprint density at radius 1 is 0.586 bits per heavy atom. The molecule has 5 rings (SSSR count). The van der Waals surface area contributed by atoms with Crippen molar-refractivity contribution in [3.8, 4) is 11.1 Å². The molecule has 1 aromatic heterocycles. The van der Waals surface area contributed by atoms with E-state index in [0.29, 0.717) is 36.1 Å². The van der Waals surface area contributed by atoms with E-state index in [1.165, 1.54) is 11.3 Å². The number of nitrogens with one attached hydrogen (secondary N) is 5. The number of carbonyl (C=O) groups excluding carboxylic acids is 6. The van der Waals surface area contributed by atoms with Crippen LogP contribution in [0.15, 0.2) is 121 Å². The normalized spacial score (nSPS) is 12.9. The minimum atomic E-state index is -0.967. The second kappa shape index (κ2) is 22.1. The molecule has 58 heavy (non-hydrogen) atoms. The van der Waals surface area contributed by atoms with Crippen molar-refractivity contribution in [3.05, 3.63) is 147 Å². The number of likely N-dealkylation sites (N-methyl/N-ethyl adjacent to an activating group) is 1. The molecule has 0 saturated heterocycles. The van der Waals surface area contributed by atoms with Crippen LogP contribution in [0, 0.1) is 0 Å². The molecule has 5 aromatic rings. The highest BCUT2D eigenvalue weighted by atomic mass is 35.5. The van der Waals surface area contributed by atoms with Gasteiger partial charge in [0.15, 0.2) is 0 Å². The van der Waals surface area contributed by atoms with Crippen LogP contribution in [-0.4, -0.2) is 67.4 Å². The molecule has 0 aliphatic rings. The molecule has 11 nitrogen and oxygen atoms in total. The van der Waals surface area contributed by atoms with Crippen LogP contribution in [0.2, 0.25) is 5.02 Å². The Bertz CT molecular complexity index is 2110. The molecule has 5 N–H and O–H groups in total. The predicted molar refractivity (Wildman–Crippen MR) is 228 cm³/mol. The summed E-state index contributed by atoms with van der Waals surface area (Å²) in [5.74, 6) is -1.64. The minimum Gasteiger partial charge on any atom is -0.346 e. The molecule has 4 aromatic carbocycles. The SMILES string of the molecule is CN[C@@H](Cc1ccc(-c2ccc(Cl)cc2)cc1)C(=O)N[C@H](Cc1ccccc1)C(=O)N[C@H](C=O)Cc1ccc(NC(=O)CCC(=O)N[C@@H](C=O)Cc2cccs2)cc1. The lowest BCUT2D eigenvalue weighted by Crippen LogP contribution is -2.55. The summed E-state index contributed by atoms with van der Waals surface area (Å²) in [7, 11) is 1.69. The van der Waals surface area contributed by atoms with Gasteiger partial charge in [-0.15, -0.1) is 11.3 Å². The van der Waals surface area contributed by atoms with Crippen molar-refractivity contribution >= 4 is 64.8 Å². The van der Waals surface area contributed by atoms with E-state index in [4.69, 9.17) is 11.6 Å². The van der Waals surface area contributed by atoms with Gasteiger partial charge in [-0.05, 0) is 83.4 Å². The Labute approximate surface area is 347 Å². The summed E-state index contributed by atoms with van der Waals surface area (Å²) in [6.07, 6.45) is 2.33. The lowest BCUT2D eigenvalue weighted by Gasteiger charge is -2.24. The molecule has 0 saturated carbocycles. The molecule has 0 spiro atoms. The highest BCUT2D eigenvalue weighted by Crippen LogP contribution is 2.22. The quantitative estimate of drug-likeness (QED) is 0.0612. The number of aldehydes is 2. The Morgan fingerprint density at radius 3 is 1.76 bits per heavy atom. The molecule has 4 atom stereocenters. The van der Waals surface area contributed by atoms with E-state index in [0.717, 1.165) is 32.7 Å². The predicted octanol–water partition coefficient (Wildman–Crippen LogP) is 5.50. The van der Waals surface area contributed by atoms with Crippen LogP contribution in [0.25, 0.3) is 11.1 Å². The van der Waals surface area contributed by atoms with Crippen LogP contribution in [0.3, 0.4) is 0 Å². The van der Waals surface area contributed by atoms with Crippen molar-refractivity contribution in [2.24, 2.45) is 0 Å². The zero-order valence-corrected chi connectivity index (χ0v) is 33.6. The summed E-state index contributed by atoms with van der Waals surface area (Å²) in [5, 5.41) is 16.7. The van der Waals surface area contributed by atoms with Gasteiger partial charge in [0, 0.05) is 41.3 Å². The standard InChI is InChI=1S/C45H46ClN5O6S/c1-47-40(25-32-9-13-33(14-10-32)34-15-17-35(46)18-16-34)44(56)51-41(26-30-6-3-2-4-7-30)45(57)50-37(28-52)24-31-11-19-36(20-12-31)48-42(54)21-22-43(55)49-38(29-53)27-39-8-5-23-58-39/h2-20,23,28-29,37-38,40-41,47H,21-22,24-27H2,1H3,(H,48,54)(H,49,55)(H,50,57)(H,51,56)/t37-,38+,40-,41+/m0/s1. The maximum absolute atomic E-state index is 13.7. The van der Waals surface area contributed by atoms with E-state index in [1.807, 2.05) is 96.4 Å². The van der Waals surface area contributed by atoms with Crippen molar-refractivity contribution < 1.29 is 28.8 Å². The number of benzene rings is 4. The third kappa shape index (κ3) is 13.6. The zero-order valence-electron chi connectivity index (χ0n) is 32.0. The van der Waals surface area contributed by atoms with Gasteiger partial charge in [0.2, 0.25) is 23.6 Å². The first kappa shape index (κ1) is 43.2. The molecule has 0 radical (unpaired) electrons. The molecule has 0 aliphatic carbocycles. The van der Waals surface area contributed by atoms with E-state index in [9.17, 15) is 28.8 Å². The zero-order chi connectivity index (χ0) is 41.3. The van der Waals surface area contributed by atoms with Crippen LogP contribution >= 0.6 is 22.9 Å². The second-order valence-electron chi connectivity index (χ2n) is 13.8. The lowest BCUT2D eigenvalue weighted by atomic mass is 9.99. The molecular weight excluding hydrogens is 774 g/mol. The highest BCUT2D eigenvalue weighted by Gasteiger charge is 2.27. The van der Waals surface area contributed by atoms with E-state index in [1.54, 1.807) is 31.3 Å². The fourth-order valence-electron chi connectivity index (χ4n) is 6.27. The van der Waals surface area contributed by atoms with Gasteiger partial charge < -0.3 is 36.2 Å². The summed E-state index contributed by atoms with van der Waals surface area (Å²) in [5.41, 5.74) is 5.02. The van der Waals surface area contributed by atoms with Crippen LogP contribution in [-0.2, 0) is 54.5 Å². The van der Waals surface area contributed by atoms with Gasteiger partial charge in [0.1, 0.15) is 18.6 Å². The van der Waals surface area contributed by atoms with Crippen LogP contribution in [0.5, 0.6) is 0 Å². The number of anilines is 1. The molecule has 300 valence electrons. The third-order valence-corrected chi connectivity index (χ3v) is 10.6. The number of hydrogen-bond donors (Lipinski definition) is 5. The van der Waals surface area contributed by atoms with Crippen molar-refractivity contribution in [1.29, 1.82) is 0 Å². The first-order chi connectivity index (χ1) is 28.1. The first-order valence-electron chi connectivity index (χ1n) is 18.9. The largest absolute Gasteiger partial charge is 0.346 e. The first-order valence-corrected chi connectivity index (χ1v) is 20.2. The Morgan fingerprint density at radius 2 is 1.14 bits per heavy atom. The van der Waals surface area contributed by atoms with Gasteiger partial charge in [-0.1, -0.05) is 96.5 Å². The van der Waals surface area contributed by atoms with Crippen molar-refractivity contribution in [1.82, 2.24) is 21.3 Å². The minimum absolute atomic E-state index is 0.0780. The van der Waals surface area contributed by atoms with Gasteiger partial charge in [0.05, 0.1) is 18.1 Å². The van der Waals surface area contributed by atoms with Crippen molar-refractivity contribution in [2.45, 2.75) is 62.7 Å². The van der Waals surface area contributed by atoms with Gasteiger partial charge in [0.25, 0.3) is 0 Å². The van der Waals surface area contributed by atoms with Crippen LogP contribution in [0.4, 0.5) is 5.69 Å². The molecule has 0 unspecified atom stereocenters. The number of amides is 4. The number of thiophene rings is 1. The van der Waals surface area contributed by atoms with E-state index in [2.05, 4.69) is 26.6 Å². The molecule has 13 heteroatoms. The summed E-state index contributed by atoms with van der Waals surface area (Å²) in [6, 6.07) is 32.2. The molecule has 1 heterocycles. The van der Waals surface area contributed by atoms with Gasteiger partial charge in [-0.25, -0.2) is 0 Å². The number of carbonyl (C=O) groups is 6. The highest BCUT2D eigenvalue weighted by molar-refractivity contribution is 7.09. The van der Waals surface area contributed by atoms with Crippen molar-refractivity contribution in [3.63, 3.8) is 0 Å². The smallest absolute Gasteiger partial charge is 0.243 e. The fraction of sp³-hybridized carbons (Fsp3) is 0.244. The van der Waals surface area contributed by atoms with Crippen molar-refractivity contribution in [2.75, 3.05) is 12.4 Å². The maximum Gasteiger partial charge on any atom is 0.243 e. The molecular formula is C45H46ClN5O6S. The van der Waals surface area contributed by atoms with E-state index in [-0.39, 0.29) is 37.5 Å². The lowest BCUT2D eigenvalue weighted by molar-refractivity contribution is -0.130. The topological polar surface area (TPSA) is 163 Å². The number of halogens is 1. The van der Waals surface area contributed by atoms with Crippen LogP contribution < -0.4 is 26.6 Å². The number of rotatable bonds is 21. The van der Waals surface area contributed by atoms with E-state index >= 15 is 0 Å². The van der Waals surface area contributed by atoms with Gasteiger partial charge >= 0.3 is 0 Å². The summed E-state index contributed by atoms with van der Waals surface area (Å²) >= 11 is 7.53. The molecule has 0 bridgehead atoms. The summed E-state index contributed by atoms with van der Waals surface area (Å²) in [6.45, 7) is 0. The molecule has 0 fully saturated rings. The average Bonchev–Trinajstić information content (AvgIpc) is 3.76.